The number of carbonyl (C=O) groups excluding carboxylic acids is 1. The van der Waals surface area contributed by atoms with E-state index in [2.05, 4.69) is 19.2 Å². The lowest BCUT2D eigenvalue weighted by Gasteiger charge is -2.07. The number of hydrogen-bond donors (Lipinski definition) is 2. The number of carbonyl (C=O) groups is 1. The number of nitrogens with two attached hydrogens (primary N) is 1. The first-order chi connectivity index (χ1) is 7.59. The van der Waals surface area contributed by atoms with Crippen LogP contribution in [0.3, 0.4) is 0 Å². The molecule has 0 unspecified atom stereocenters. The van der Waals surface area contributed by atoms with E-state index < -0.39 is 0 Å². The van der Waals surface area contributed by atoms with Gasteiger partial charge in [-0.3, -0.25) is 4.79 Å². The molecule has 0 aliphatic heterocycles. The molecule has 16 heavy (non-hydrogen) atoms. The molecule has 0 aliphatic carbocycles. The smallest absolute Gasteiger partial charge is 0.248 e. The van der Waals surface area contributed by atoms with E-state index >= 15 is 0 Å². The van der Waals surface area contributed by atoms with E-state index in [-0.39, 0.29) is 5.91 Å². The molecule has 1 rings (SSSR count). The van der Waals surface area contributed by atoms with Crippen LogP contribution in [0.1, 0.15) is 36.2 Å². The van der Waals surface area contributed by atoms with Gasteiger partial charge in [0.2, 0.25) is 5.91 Å². The Hall–Kier alpha value is -1.35. The van der Waals surface area contributed by atoms with Gasteiger partial charge in [-0.05, 0) is 36.6 Å². The van der Waals surface area contributed by atoms with Gasteiger partial charge in [-0.1, -0.05) is 26.0 Å². The highest BCUT2D eigenvalue weighted by atomic mass is 16.1. The van der Waals surface area contributed by atoms with Gasteiger partial charge in [-0.15, -0.1) is 0 Å². The summed E-state index contributed by atoms with van der Waals surface area (Å²) in [5, 5.41) is 3.37. The predicted molar refractivity (Wildman–Crippen MR) is 66.1 cm³/mol. The number of rotatable bonds is 6. The summed E-state index contributed by atoms with van der Waals surface area (Å²) in [6.45, 7) is 6.29. The van der Waals surface area contributed by atoms with Gasteiger partial charge < -0.3 is 11.1 Å². The van der Waals surface area contributed by atoms with Crippen molar-refractivity contribution in [1.82, 2.24) is 5.32 Å². The van der Waals surface area contributed by atoms with E-state index in [1.54, 1.807) is 12.1 Å². The van der Waals surface area contributed by atoms with Crippen LogP contribution in [0.5, 0.6) is 0 Å². The number of benzene rings is 1. The van der Waals surface area contributed by atoms with Gasteiger partial charge in [-0.2, -0.15) is 0 Å². The number of primary amides is 1. The molecular formula is C13H20N2O. The Kier molecular flexibility index (Phi) is 4.99. The standard InChI is InChI=1S/C13H20N2O/c1-10(2)7-8-15-9-11-3-5-12(6-4-11)13(14)16/h3-6,10,15H,7-9H2,1-2H3,(H2,14,16). The lowest BCUT2D eigenvalue weighted by molar-refractivity contribution is 0.100. The fourth-order valence-electron chi connectivity index (χ4n) is 1.41. The Morgan fingerprint density at radius 3 is 2.44 bits per heavy atom. The summed E-state index contributed by atoms with van der Waals surface area (Å²) in [4.78, 5) is 10.9. The maximum Gasteiger partial charge on any atom is 0.248 e. The normalized spacial score (nSPS) is 10.7. The molecule has 0 atom stereocenters. The van der Waals surface area contributed by atoms with Crippen molar-refractivity contribution in [2.45, 2.75) is 26.8 Å². The third kappa shape index (κ3) is 4.45. The molecule has 0 aliphatic rings. The largest absolute Gasteiger partial charge is 0.366 e. The SMILES string of the molecule is CC(C)CCNCc1ccc(C(N)=O)cc1. The summed E-state index contributed by atoms with van der Waals surface area (Å²) >= 11 is 0. The Morgan fingerprint density at radius 2 is 1.94 bits per heavy atom. The van der Waals surface area contributed by atoms with Crippen molar-refractivity contribution in [2.75, 3.05) is 6.54 Å². The maximum atomic E-state index is 10.9. The van der Waals surface area contributed by atoms with E-state index in [0.717, 1.165) is 19.0 Å². The minimum absolute atomic E-state index is 0.376. The average Bonchev–Trinajstić information content (AvgIpc) is 2.25. The third-order valence-corrected chi connectivity index (χ3v) is 2.47. The van der Waals surface area contributed by atoms with Crippen LogP contribution in [0.25, 0.3) is 0 Å². The van der Waals surface area contributed by atoms with Crippen molar-refractivity contribution in [3.8, 4) is 0 Å². The Morgan fingerprint density at radius 1 is 1.31 bits per heavy atom. The van der Waals surface area contributed by atoms with E-state index in [4.69, 9.17) is 5.73 Å². The molecule has 0 bridgehead atoms. The van der Waals surface area contributed by atoms with Crippen molar-refractivity contribution in [2.24, 2.45) is 11.7 Å². The molecule has 0 radical (unpaired) electrons. The summed E-state index contributed by atoms with van der Waals surface area (Å²) in [6, 6.07) is 7.40. The van der Waals surface area contributed by atoms with Crippen molar-refractivity contribution in [3.05, 3.63) is 35.4 Å². The molecule has 1 aromatic carbocycles. The van der Waals surface area contributed by atoms with Gasteiger partial charge in [0.05, 0.1) is 0 Å². The second kappa shape index (κ2) is 6.28. The Labute approximate surface area is 97.0 Å². The van der Waals surface area contributed by atoms with Crippen molar-refractivity contribution in [3.63, 3.8) is 0 Å². The van der Waals surface area contributed by atoms with Crippen LogP contribution >= 0.6 is 0 Å². The predicted octanol–water partition coefficient (Wildman–Crippen LogP) is 1.92. The zero-order valence-electron chi connectivity index (χ0n) is 9.99. The molecule has 1 aromatic rings. The fourth-order valence-corrected chi connectivity index (χ4v) is 1.41. The Bertz CT molecular complexity index is 330. The molecule has 3 nitrogen and oxygen atoms in total. The monoisotopic (exact) mass is 220 g/mol. The topological polar surface area (TPSA) is 55.1 Å². The summed E-state index contributed by atoms with van der Waals surface area (Å²) < 4.78 is 0. The van der Waals surface area contributed by atoms with Crippen LogP contribution in [0.4, 0.5) is 0 Å². The molecule has 3 heteroatoms. The van der Waals surface area contributed by atoms with E-state index in [9.17, 15) is 4.79 Å². The molecule has 1 amide bonds. The van der Waals surface area contributed by atoms with Crippen molar-refractivity contribution < 1.29 is 4.79 Å². The van der Waals surface area contributed by atoms with Gasteiger partial charge in [-0.25, -0.2) is 0 Å². The molecule has 0 heterocycles. The first-order valence-corrected chi connectivity index (χ1v) is 5.69. The average molecular weight is 220 g/mol. The first-order valence-electron chi connectivity index (χ1n) is 5.69. The molecule has 0 aromatic heterocycles. The van der Waals surface area contributed by atoms with Crippen LogP contribution in [0.2, 0.25) is 0 Å². The van der Waals surface area contributed by atoms with Crippen molar-refractivity contribution in [1.29, 1.82) is 0 Å². The molecule has 0 saturated carbocycles. The van der Waals surface area contributed by atoms with Gasteiger partial charge in [0, 0.05) is 12.1 Å². The second-order valence-corrected chi connectivity index (χ2v) is 4.42. The molecular weight excluding hydrogens is 200 g/mol. The van der Waals surface area contributed by atoms with E-state index in [0.29, 0.717) is 5.56 Å². The first kappa shape index (κ1) is 12.7. The molecule has 0 saturated heterocycles. The summed E-state index contributed by atoms with van der Waals surface area (Å²) in [5.74, 6) is 0.351. The van der Waals surface area contributed by atoms with Crippen LogP contribution < -0.4 is 11.1 Å². The highest BCUT2D eigenvalue weighted by Gasteiger charge is 1.99. The molecule has 88 valence electrons. The lowest BCUT2D eigenvalue weighted by atomic mass is 10.1. The maximum absolute atomic E-state index is 10.9. The van der Waals surface area contributed by atoms with Gasteiger partial charge in [0.15, 0.2) is 0 Å². The van der Waals surface area contributed by atoms with Gasteiger partial charge >= 0.3 is 0 Å². The fraction of sp³-hybridized carbons (Fsp3) is 0.462. The van der Waals surface area contributed by atoms with Crippen LogP contribution in [0.15, 0.2) is 24.3 Å². The number of hydrogen-bond acceptors (Lipinski definition) is 2. The highest BCUT2D eigenvalue weighted by molar-refractivity contribution is 5.92. The van der Waals surface area contributed by atoms with Crippen LogP contribution in [-0.4, -0.2) is 12.5 Å². The zero-order chi connectivity index (χ0) is 12.0. The van der Waals surface area contributed by atoms with Gasteiger partial charge in [0.1, 0.15) is 0 Å². The lowest BCUT2D eigenvalue weighted by Crippen LogP contribution is -2.16. The highest BCUT2D eigenvalue weighted by Crippen LogP contribution is 2.04. The number of amides is 1. The molecule has 0 spiro atoms. The van der Waals surface area contributed by atoms with Crippen molar-refractivity contribution >= 4 is 5.91 Å². The van der Waals surface area contributed by atoms with Crippen LogP contribution in [-0.2, 0) is 6.54 Å². The molecule has 0 fully saturated rings. The third-order valence-electron chi connectivity index (χ3n) is 2.47. The summed E-state index contributed by atoms with van der Waals surface area (Å²) in [5.41, 5.74) is 6.90. The summed E-state index contributed by atoms with van der Waals surface area (Å²) in [6.07, 6.45) is 1.18. The van der Waals surface area contributed by atoms with E-state index in [1.807, 2.05) is 12.1 Å². The minimum Gasteiger partial charge on any atom is -0.366 e. The quantitative estimate of drug-likeness (QED) is 0.720. The second-order valence-electron chi connectivity index (χ2n) is 4.42. The van der Waals surface area contributed by atoms with Crippen LogP contribution in [0, 0.1) is 5.92 Å². The minimum atomic E-state index is -0.376. The summed E-state index contributed by atoms with van der Waals surface area (Å²) in [7, 11) is 0. The van der Waals surface area contributed by atoms with E-state index in [1.165, 1.54) is 12.0 Å². The zero-order valence-corrected chi connectivity index (χ0v) is 9.99. The van der Waals surface area contributed by atoms with Gasteiger partial charge in [0.25, 0.3) is 0 Å². The molecule has 3 N–H and O–H groups in total. The number of nitrogens with one attached hydrogen (secondary N) is 1. The Balaban J connectivity index is 2.35.